The Bertz CT molecular complexity index is 1100. The monoisotopic (exact) mass is 402 g/mol. The maximum Gasteiger partial charge on any atom is 0.266 e. The van der Waals surface area contributed by atoms with Gasteiger partial charge in [-0.2, -0.15) is 0 Å². The Morgan fingerprint density at radius 3 is 2.07 bits per heavy atom. The fourth-order valence-electron chi connectivity index (χ4n) is 4.40. The van der Waals surface area contributed by atoms with Gasteiger partial charge in [0.2, 0.25) is 5.91 Å². The summed E-state index contributed by atoms with van der Waals surface area (Å²) in [6, 6.07) is 23.8. The van der Waals surface area contributed by atoms with Crippen molar-refractivity contribution in [2.45, 2.75) is 19.1 Å². The largest absolute Gasteiger partial charge is 0.273 e. The van der Waals surface area contributed by atoms with Crippen molar-refractivity contribution in [3.8, 4) is 0 Å². The zero-order valence-electron chi connectivity index (χ0n) is 16.2. The van der Waals surface area contributed by atoms with Crippen molar-refractivity contribution in [2.75, 3.05) is 9.96 Å². The van der Waals surface area contributed by atoms with Crippen LogP contribution in [0, 0.1) is 11.2 Å². The lowest BCUT2D eigenvalue weighted by atomic mass is 9.76. The summed E-state index contributed by atoms with van der Waals surface area (Å²) in [5, 5.41) is 1.66. The van der Waals surface area contributed by atoms with E-state index in [1.54, 1.807) is 12.0 Å². The van der Waals surface area contributed by atoms with Crippen LogP contribution in [0.3, 0.4) is 0 Å². The number of amides is 2. The van der Waals surface area contributed by atoms with Crippen molar-refractivity contribution >= 4 is 23.2 Å². The zero-order chi connectivity index (χ0) is 20.9. The van der Waals surface area contributed by atoms with Crippen LogP contribution in [0.5, 0.6) is 0 Å². The first-order chi connectivity index (χ1) is 14.5. The Morgan fingerprint density at radius 1 is 0.833 bits per heavy atom. The predicted octanol–water partition coefficient (Wildman–Crippen LogP) is 4.27. The van der Waals surface area contributed by atoms with Crippen LogP contribution in [-0.4, -0.2) is 17.9 Å². The molecule has 6 heteroatoms. The Kier molecular flexibility index (Phi) is 4.18. The van der Waals surface area contributed by atoms with E-state index in [1.807, 2.05) is 60.7 Å². The van der Waals surface area contributed by atoms with E-state index in [9.17, 15) is 14.0 Å². The summed E-state index contributed by atoms with van der Waals surface area (Å²) in [5.41, 5.74) is 0.816. The van der Waals surface area contributed by atoms with E-state index in [1.165, 1.54) is 24.3 Å². The van der Waals surface area contributed by atoms with Gasteiger partial charge in [0.05, 0.1) is 17.4 Å². The highest BCUT2D eigenvalue weighted by Crippen LogP contribution is 2.55. The van der Waals surface area contributed by atoms with Crippen LogP contribution in [0.15, 0.2) is 84.9 Å². The molecule has 0 aliphatic carbocycles. The minimum Gasteiger partial charge on any atom is -0.273 e. The van der Waals surface area contributed by atoms with Crippen molar-refractivity contribution in [1.29, 1.82) is 0 Å². The molecule has 3 atom stereocenters. The lowest BCUT2D eigenvalue weighted by Crippen LogP contribution is -2.41. The van der Waals surface area contributed by atoms with E-state index in [0.29, 0.717) is 5.69 Å². The van der Waals surface area contributed by atoms with Gasteiger partial charge in [-0.1, -0.05) is 48.5 Å². The van der Waals surface area contributed by atoms with E-state index >= 15 is 0 Å². The standard InChI is InChI=1S/C24H19FN2O3/c1-24-20(16-8-4-2-5-9-16)27(19-10-6-3-7-11-19)30-21(24)22(28)26(23(24)29)18-14-12-17(25)13-15-18/h2-15,20-21H,1H3/t20-,21+,24+/m1/s1. The lowest BCUT2D eigenvalue weighted by molar-refractivity contribution is -0.128. The van der Waals surface area contributed by atoms with Crippen molar-refractivity contribution in [1.82, 2.24) is 0 Å². The molecular weight excluding hydrogens is 383 g/mol. The minimum atomic E-state index is -1.15. The number of carbonyl (C=O) groups excluding carboxylic acids is 2. The molecule has 2 aliphatic rings. The Labute approximate surface area is 173 Å². The molecule has 0 unspecified atom stereocenters. The van der Waals surface area contributed by atoms with Crippen LogP contribution < -0.4 is 9.96 Å². The molecule has 3 aromatic carbocycles. The van der Waals surface area contributed by atoms with Gasteiger partial charge in [0.1, 0.15) is 11.2 Å². The van der Waals surface area contributed by atoms with Crippen LogP contribution in [0.4, 0.5) is 15.8 Å². The average molecular weight is 402 g/mol. The normalized spacial score (nSPS) is 25.7. The summed E-state index contributed by atoms with van der Waals surface area (Å²) in [5.74, 6) is -1.25. The van der Waals surface area contributed by atoms with Gasteiger partial charge in [0, 0.05) is 0 Å². The van der Waals surface area contributed by atoms with Crippen LogP contribution in [0.1, 0.15) is 18.5 Å². The van der Waals surface area contributed by atoms with Crippen LogP contribution in [0.25, 0.3) is 0 Å². The molecule has 150 valence electrons. The van der Waals surface area contributed by atoms with Gasteiger partial charge >= 0.3 is 0 Å². The van der Waals surface area contributed by atoms with Gasteiger partial charge in [0.15, 0.2) is 6.10 Å². The van der Waals surface area contributed by atoms with Gasteiger partial charge in [0.25, 0.3) is 5.91 Å². The lowest BCUT2D eigenvalue weighted by Gasteiger charge is -2.32. The number of hydrogen-bond acceptors (Lipinski definition) is 4. The number of imide groups is 1. The number of benzene rings is 3. The van der Waals surface area contributed by atoms with Gasteiger partial charge in [-0.05, 0) is 48.9 Å². The summed E-state index contributed by atoms with van der Waals surface area (Å²) in [6.45, 7) is 1.77. The quantitative estimate of drug-likeness (QED) is 0.614. The average Bonchev–Trinajstić information content (AvgIpc) is 3.19. The summed E-state index contributed by atoms with van der Waals surface area (Å²) >= 11 is 0. The Hall–Kier alpha value is -3.51. The van der Waals surface area contributed by atoms with E-state index in [4.69, 9.17) is 4.84 Å². The zero-order valence-corrected chi connectivity index (χ0v) is 16.2. The van der Waals surface area contributed by atoms with E-state index in [2.05, 4.69) is 0 Å². The van der Waals surface area contributed by atoms with Gasteiger partial charge in [-0.25, -0.2) is 14.4 Å². The van der Waals surface area contributed by atoms with Crippen molar-refractivity contribution in [3.63, 3.8) is 0 Å². The molecule has 0 saturated carbocycles. The van der Waals surface area contributed by atoms with E-state index < -0.39 is 29.3 Å². The third-order valence-electron chi connectivity index (χ3n) is 5.89. The predicted molar refractivity (Wildman–Crippen MR) is 110 cm³/mol. The highest BCUT2D eigenvalue weighted by Gasteiger charge is 2.68. The summed E-state index contributed by atoms with van der Waals surface area (Å²) in [7, 11) is 0. The third kappa shape index (κ3) is 2.57. The molecule has 0 radical (unpaired) electrons. The molecule has 0 spiro atoms. The number of rotatable bonds is 3. The van der Waals surface area contributed by atoms with Crippen molar-refractivity contribution in [2.24, 2.45) is 5.41 Å². The highest BCUT2D eigenvalue weighted by atomic mass is 19.1. The van der Waals surface area contributed by atoms with Crippen LogP contribution in [-0.2, 0) is 14.4 Å². The fourth-order valence-corrected chi connectivity index (χ4v) is 4.40. The molecular formula is C24H19FN2O3. The number of hydrogen-bond donors (Lipinski definition) is 0. The molecule has 3 aromatic rings. The van der Waals surface area contributed by atoms with E-state index in [-0.39, 0.29) is 5.91 Å². The molecule has 2 aliphatic heterocycles. The molecule has 2 fully saturated rings. The second-order valence-corrected chi connectivity index (χ2v) is 7.70. The molecule has 5 nitrogen and oxygen atoms in total. The van der Waals surface area contributed by atoms with E-state index in [0.717, 1.165) is 16.2 Å². The molecule has 2 saturated heterocycles. The van der Waals surface area contributed by atoms with Crippen molar-refractivity contribution in [3.05, 3.63) is 96.3 Å². The van der Waals surface area contributed by atoms with Gasteiger partial charge < -0.3 is 0 Å². The number of nitrogens with zero attached hydrogens (tertiary/aromatic N) is 2. The molecule has 5 rings (SSSR count). The smallest absolute Gasteiger partial charge is 0.266 e. The minimum absolute atomic E-state index is 0.337. The Balaban J connectivity index is 1.63. The topological polar surface area (TPSA) is 49.9 Å². The third-order valence-corrected chi connectivity index (χ3v) is 5.89. The second-order valence-electron chi connectivity index (χ2n) is 7.70. The molecule has 30 heavy (non-hydrogen) atoms. The number of para-hydroxylation sites is 1. The SMILES string of the molecule is C[C@@]12C(=O)N(c3ccc(F)cc3)C(=O)[C@@H]1ON(c1ccccc1)[C@@H]2c1ccccc1. The number of halogens is 1. The number of carbonyl (C=O) groups is 2. The molecule has 0 N–H and O–H groups in total. The number of anilines is 2. The second kappa shape index (κ2) is 6.78. The number of fused-ring (bicyclic) bond motifs is 1. The van der Waals surface area contributed by atoms with Crippen LogP contribution in [0.2, 0.25) is 0 Å². The first kappa shape index (κ1) is 18.5. The van der Waals surface area contributed by atoms with Crippen molar-refractivity contribution < 1.29 is 18.8 Å². The fraction of sp³-hybridized carbons (Fsp3) is 0.167. The maximum atomic E-state index is 13.7. The highest BCUT2D eigenvalue weighted by molar-refractivity contribution is 6.25. The van der Waals surface area contributed by atoms with Gasteiger partial charge in [-0.3, -0.25) is 14.4 Å². The summed E-state index contributed by atoms with van der Waals surface area (Å²) < 4.78 is 13.4. The molecule has 0 bridgehead atoms. The van der Waals surface area contributed by atoms with Crippen LogP contribution >= 0.6 is 0 Å². The maximum absolute atomic E-state index is 13.7. The van der Waals surface area contributed by atoms with Gasteiger partial charge in [-0.15, -0.1) is 0 Å². The summed E-state index contributed by atoms with van der Waals surface area (Å²) in [4.78, 5) is 34.2. The molecule has 0 aromatic heterocycles. The summed E-state index contributed by atoms with van der Waals surface area (Å²) in [6.07, 6.45) is -0.986. The molecule has 2 amide bonds. The first-order valence-corrected chi connectivity index (χ1v) is 9.72. The molecule has 2 heterocycles. The Morgan fingerprint density at radius 2 is 1.43 bits per heavy atom. The number of hydroxylamine groups is 1. The first-order valence-electron chi connectivity index (χ1n) is 9.72.